The van der Waals surface area contributed by atoms with Gasteiger partial charge in [-0.2, -0.15) is 10.1 Å². The van der Waals surface area contributed by atoms with E-state index in [-0.39, 0.29) is 6.04 Å². The molecule has 130 valence electrons. The zero-order valence-electron chi connectivity index (χ0n) is 13.8. The molecule has 1 fully saturated rings. The molecule has 1 atom stereocenters. The number of hydrogen-bond donors (Lipinski definition) is 2. The molecular weight excluding hydrogens is 332 g/mol. The molecule has 9 nitrogen and oxygen atoms in total. The third-order valence-corrected chi connectivity index (χ3v) is 4.50. The molecule has 1 aromatic carbocycles. The molecule has 0 aliphatic carbocycles. The monoisotopic (exact) mass is 348 g/mol. The van der Waals surface area contributed by atoms with E-state index >= 15 is 0 Å². The molecule has 0 spiro atoms. The molecule has 1 aliphatic heterocycles. The van der Waals surface area contributed by atoms with Crippen molar-refractivity contribution in [1.29, 1.82) is 0 Å². The summed E-state index contributed by atoms with van der Waals surface area (Å²) in [5, 5.41) is 15.4. The molecule has 1 aliphatic rings. The highest BCUT2D eigenvalue weighted by Crippen LogP contribution is 2.25. The summed E-state index contributed by atoms with van der Waals surface area (Å²) >= 11 is 0. The minimum atomic E-state index is 0.238. The van der Waals surface area contributed by atoms with Crippen molar-refractivity contribution in [2.45, 2.75) is 12.5 Å². The Labute approximate surface area is 148 Å². The average molecular weight is 348 g/mol. The van der Waals surface area contributed by atoms with Crippen LogP contribution in [0.2, 0.25) is 0 Å². The summed E-state index contributed by atoms with van der Waals surface area (Å²) in [5.41, 5.74) is 1.64. The molecule has 1 unspecified atom stereocenters. The number of benzene rings is 1. The maximum atomic E-state index is 5.41. The fourth-order valence-electron chi connectivity index (χ4n) is 3.18. The number of nitrogens with one attached hydrogen (secondary N) is 2. The average Bonchev–Trinajstić information content (AvgIpc) is 3.43. The van der Waals surface area contributed by atoms with Crippen LogP contribution >= 0.6 is 0 Å². The van der Waals surface area contributed by atoms with E-state index in [2.05, 4.69) is 40.5 Å². The van der Waals surface area contributed by atoms with Crippen molar-refractivity contribution in [3.8, 4) is 11.5 Å². The Morgan fingerprint density at radius 2 is 2.12 bits per heavy atom. The van der Waals surface area contributed by atoms with Crippen LogP contribution in [0.5, 0.6) is 0 Å². The van der Waals surface area contributed by atoms with Gasteiger partial charge in [0.2, 0.25) is 0 Å². The standard InChI is InChI=1S/C17H16N8O/c1-2-4-11(5-3-1)16-22-17(24-26-16)25-7-6-12(9-25)21-14-13-8-20-23-15(13)19-10-18-14/h1-5,8,10,12H,6-7,9H2,(H2,18,19,20,21,23). The summed E-state index contributed by atoms with van der Waals surface area (Å²) in [5.74, 6) is 1.94. The summed E-state index contributed by atoms with van der Waals surface area (Å²) in [7, 11) is 0. The van der Waals surface area contributed by atoms with Crippen molar-refractivity contribution in [2.75, 3.05) is 23.3 Å². The van der Waals surface area contributed by atoms with Crippen molar-refractivity contribution in [1.82, 2.24) is 30.3 Å². The highest BCUT2D eigenvalue weighted by atomic mass is 16.5. The van der Waals surface area contributed by atoms with Crippen LogP contribution in [0.25, 0.3) is 22.5 Å². The number of fused-ring (bicyclic) bond motifs is 1. The van der Waals surface area contributed by atoms with E-state index in [1.54, 1.807) is 6.20 Å². The number of nitrogens with zero attached hydrogens (tertiary/aromatic N) is 6. The minimum Gasteiger partial charge on any atom is -0.365 e. The molecule has 3 aromatic heterocycles. The Bertz CT molecular complexity index is 1030. The molecule has 26 heavy (non-hydrogen) atoms. The van der Waals surface area contributed by atoms with Gasteiger partial charge in [0.1, 0.15) is 12.1 Å². The van der Waals surface area contributed by atoms with Gasteiger partial charge >= 0.3 is 0 Å². The highest BCUT2D eigenvalue weighted by Gasteiger charge is 2.27. The number of aromatic amines is 1. The van der Waals surface area contributed by atoms with Gasteiger partial charge in [-0.05, 0) is 23.7 Å². The maximum absolute atomic E-state index is 5.41. The predicted molar refractivity (Wildman–Crippen MR) is 95.7 cm³/mol. The third kappa shape index (κ3) is 2.63. The van der Waals surface area contributed by atoms with Gasteiger partial charge in [-0.3, -0.25) is 5.10 Å². The molecule has 0 radical (unpaired) electrons. The van der Waals surface area contributed by atoms with Gasteiger partial charge < -0.3 is 14.7 Å². The van der Waals surface area contributed by atoms with Crippen molar-refractivity contribution in [3.63, 3.8) is 0 Å². The largest absolute Gasteiger partial charge is 0.365 e. The van der Waals surface area contributed by atoms with Crippen LogP contribution < -0.4 is 10.2 Å². The van der Waals surface area contributed by atoms with E-state index in [9.17, 15) is 0 Å². The Balaban J connectivity index is 1.30. The summed E-state index contributed by atoms with van der Waals surface area (Å²) < 4.78 is 5.41. The molecule has 5 rings (SSSR count). The molecular formula is C17H16N8O. The minimum absolute atomic E-state index is 0.238. The number of H-pyrrole nitrogens is 1. The van der Waals surface area contributed by atoms with Gasteiger partial charge in [-0.15, -0.1) is 0 Å². The Kier molecular flexibility index (Phi) is 3.48. The fraction of sp³-hybridized carbons (Fsp3) is 0.235. The summed E-state index contributed by atoms with van der Waals surface area (Å²) in [6.07, 6.45) is 4.22. The summed E-state index contributed by atoms with van der Waals surface area (Å²) in [6, 6.07) is 10.0. The quantitative estimate of drug-likeness (QED) is 0.577. The smallest absolute Gasteiger partial charge is 0.266 e. The summed E-state index contributed by atoms with van der Waals surface area (Å²) in [4.78, 5) is 15.1. The number of hydrogen-bond acceptors (Lipinski definition) is 8. The van der Waals surface area contributed by atoms with E-state index in [0.717, 1.165) is 41.9 Å². The Morgan fingerprint density at radius 1 is 1.19 bits per heavy atom. The van der Waals surface area contributed by atoms with E-state index in [0.29, 0.717) is 11.8 Å². The van der Waals surface area contributed by atoms with E-state index in [4.69, 9.17) is 4.52 Å². The first-order valence-electron chi connectivity index (χ1n) is 8.41. The molecule has 4 aromatic rings. The van der Waals surface area contributed by atoms with Crippen LogP contribution in [0.15, 0.2) is 47.4 Å². The van der Waals surface area contributed by atoms with Gasteiger partial charge in [0.05, 0.1) is 11.6 Å². The van der Waals surface area contributed by atoms with Gasteiger partial charge in [-0.1, -0.05) is 18.2 Å². The van der Waals surface area contributed by atoms with Gasteiger partial charge in [0, 0.05) is 24.7 Å². The zero-order valence-corrected chi connectivity index (χ0v) is 13.8. The second kappa shape index (κ2) is 6.10. The Morgan fingerprint density at radius 3 is 3.04 bits per heavy atom. The lowest BCUT2D eigenvalue weighted by Gasteiger charge is -2.15. The maximum Gasteiger partial charge on any atom is 0.266 e. The van der Waals surface area contributed by atoms with E-state index in [1.807, 2.05) is 30.3 Å². The van der Waals surface area contributed by atoms with Crippen LogP contribution in [0, 0.1) is 0 Å². The van der Waals surface area contributed by atoms with Gasteiger partial charge in [0.25, 0.3) is 11.8 Å². The van der Waals surface area contributed by atoms with Crippen molar-refractivity contribution in [3.05, 3.63) is 42.9 Å². The van der Waals surface area contributed by atoms with Crippen LogP contribution in [-0.4, -0.2) is 49.4 Å². The normalized spacial score (nSPS) is 17.1. The zero-order chi connectivity index (χ0) is 17.3. The molecule has 0 bridgehead atoms. The first-order chi connectivity index (χ1) is 12.9. The van der Waals surface area contributed by atoms with Crippen molar-refractivity contribution >= 4 is 22.8 Å². The lowest BCUT2D eigenvalue weighted by atomic mass is 10.2. The second-order valence-corrected chi connectivity index (χ2v) is 6.20. The first-order valence-corrected chi connectivity index (χ1v) is 8.41. The van der Waals surface area contributed by atoms with Crippen molar-refractivity contribution in [2.24, 2.45) is 0 Å². The SMILES string of the molecule is c1ccc(-c2nc(N3CCC(Nc4ncnc5[nH]ncc45)C3)no2)cc1. The molecule has 9 heteroatoms. The molecule has 0 amide bonds. The van der Waals surface area contributed by atoms with Crippen LogP contribution in [-0.2, 0) is 0 Å². The lowest BCUT2D eigenvalue weighted by molar-refractivity contribution is 0.430. The van der Waals surface area contributed by atoms with Gasteiger partial charge in [-0.25, -0.2) is 9.97 Å². The van der Waals surface area contributed by atoms with Crippen LogP contribution in [0.1, 0.15) is 6.42 Å². The van der Waals surface area contributed by atoms with Gasteiger partial charge in [0.15, 0.2) is 5.65 Å². The van der Waals surface area contributed by atoms with E-state index in [1.165, 1.54) is 6.33 Å². The fourth-order valence-corrected chi connectivity index (χ4v) is 3.18. The molecule has 2 N–H and O–H groups in total. The third-order valence-electron chi connectivity index (χ3n) is 4.50. The predicted octanol–water partition coefficient (Wildman–Crippen LogP) is 2.09. The molecule has 0 saturated carbocycles. The Hall–Kier alpha value is -3.49. The number of aromatic nitrogens is 6. The van der Waals surface area contributed by atoms with Crippen molar-refractivity contribution < 1.29 is 4.52 Å². The topological polar surface area (TPSA) is 109 Å². The number of rotatable bonds is 4. The molecule has 1 saturated heterocycles. The highest BCUT2D eigenvalue weighted by molar-refractivity contribution is 5.85. The van der Waals surface area contributed by atoms with Crippen LogP contribution in [0.4, 0.5) is 11.8 Å². The van der Waals surface area contributed by atoms with E-state index < -0.39 is 0 Å². The number of anilines is 2. The first kappa shape index (κ1) is 14.8. The second-order valence-electron chi connectivity index (χ2n) is 6.20. The van der Waals surface area contributed by atoms with Crippen LogP contribution in [0.3, 0.4) is 0 Å². The molecule has 4 heterocycles. The summed E-state index contributed by atoms with van der Waals surface area (Å²) in [6.45, 7) is 1.63. The lowest BCUT2D eigenvalue weighted by Crippen LogP contribution is -2.27.